The first-order chi connectivity index (χ1) is 15.3. The Balaban J connectivity index is 1.73. The molecule has 0 radical (unpaired) electrons. The standard InChI is InChI=1S/C23H17Cl2N3O3S/c24-14-3-1-13(2-4-14)18-10-9-17-20(26)21(32-22(17)27-18)23(31)28(12-11-19(29)30)16-7-5-15(25)6-8-16/h1-10H,11-12,26H2,(H,29,30). The number of nitrogen functional groups attached to an aromatic ring is 1. The monoisotopic (exact) mass is 485 g/mol. The maximum atomic E-state index is 13.4. The van der Waals surface area contributed by atoms with Gasteiger partial charge >= 0.3 is 5.97 Å². The molecule has 3 N–H and O–H groups in total. The van der Waals surface area contributed by atoms with Gasteiger partial charge in [0.15, 0.2) is 0 Å². The fraction of sp³-hybridized carbons (Fsp3) is 0.0870. The first-order valence-corrected chi connectivity index (χ1v) is 11.1. The van der Waals surface area contributed by atoms with Gasteiger partial charge in [-0.25, -0.2) is 4.98 Å². The maximum Gasteiger partial charge on any atom is 0.305 e. The lowest BCUT2D eigenvalue weighted by Crippen LogP contribution is -2.32. The van der Waals surface area contributed by atoms with Gasteiger partial charge in [0, 0.05) is 33.2 Å². The topological polar surface area (TPSA) is 96.5 Å². The lowest BCUT2D eigenvalue weighted by Gasteiger charge is -2.22. The second-order valence-corrected chi connectivity index (χ2v) is 8.85. The number of hydrogen-bond donors (Lipinski definition) is 2. The number of nitrogens with two attached hydrogens (primary N) is 1. The van der Waals surface area contributed by atoms with E-state index in [9.17, 15) is 9.59 Å². The van der Waals surface area contributed by atoms with Crippen molar-refractivity contribution >= 4 is 68.0 Å². The third-order valence-electron chi connectivity index (χ3n) is 4.86. The third-order valence-corrected chi connectivity index (χ3v) is 6.47. The van der Waals surface area contributed by atoms with Crippen molar-refractivity contribution in [1.82, 2.24) is 4.98 Å². The van der Waals surface area contributed by atoms with Gasteiger partial charge in [0.1, 0.15) is 9.71 Å². The Kier molecular flexibility index (Phi) is 6.32. The van der Waals surface area contributed by atoms with E-state index in [0.29, 0.717) is 36.5 Å². The van der Waals surface area contributed by atoms with Gasteiger partial charge in [-0.15, -0.1) is 11.3 Å². The van der Waals surface area contributed by atoms with Crippen molar-refractivity contribution < 1.29 is 14.7 Å². The van der Waals surface area contributed by atoms with Crippen LogP contribution in [0.15, 0.2) is 60.7 Å². The van der Waals surface area contributed by atoms with Gasteiger partial charge in [-0.2, -0.15) is 0 Å². The summed E-state index contributed by atoms with van der Waals surface area (Å²) in [6, 6.07) is 17.6. The van der Waals surface area contributed by atoms with Gasteiger partial charge < -0.3 is 15.7 Å². The number of thiophene rings is 1. The minimum atomic E-state index is -1.00. The average molecular weight is 486 g/mol. The number of benzene rings is 2. The van der Waals surface area contributed by atoms with Crippen LogP contribution < -0.4 is 10.6 Å². The van der Waals surface area contributed by atoms with Crippen molar-refractivity contribution in [1.29, 1.82) is 0 Å². The second kappa shape index (κ2) is 9.16. The number of fused-ring (bicyclic) bond motifs is 1. The molecule has 32 heavy (non-hydrogen) atoms. The van der Waals surface area contributed by atoms with Crippen molar-refractivity contribution in [2.75, 3.05) is 17.2 Å². The summed E-state index contributed by atoms with van der Waals surface area (Å²) in [6.45, 7) is -0.00701. The Hall–Kier alpha value is -3.13. The molecule has 0 aliphatic carbocycles. The summed E-state index contributed by atoms with van der Waals surface area (Å²) in [5, 5.41) is 10.9. The zero-order valence-corrected chi connectivity index (χ0v) is 18.9. The van der Waals surface area contributed by atoms with Gasteiger partial charge in [0.25, 0.3) is 5.91 Å². The van der Waals surface area contributed by atoms with E-state index in [1.807, 2.05) is 24.3 Å². The van der Waals surface area contributed by atoms with E-state index in [1.54, 1.807) is 36.4 Å². The number of aliphatic carboxylic acids is 1. The highest BCUT2D eigenvalue weighted by Crippen LogP contribution is 2.36. The van der Waals surface area contributed by atoms with Crippen molar-refractivity contribution in [3.8, 4) is 11.3 Å². The fourth-order valence-corrected chi connectivity index (χ4v) is 4.53. The Morgan fingerprint density at radius 2 is 1.59 bits per heavy atom. The highest BCUT2D eigenvalue weighted by atomic mass is 35.5. The number of pyridine rings is 1. The molecule has 0 unspecified atom stereocenters. The third kappa shape index (κ3) is 4.55. The molecule has 0 fully saturated rings. The number of amides is 1. The van der Waals surface area contributed by atoms with Crippen LogP contribution in [0, 0.1) is 0 Å². The van der Waals surface area contributed by atoms with Crippen LogP contribution in [-0.4, -0.2) is 28.5 Å². The molecule has 0 saturated carbocycles. The number of carbonyl (C=O) groups is 2. The second-order valence-electron chi connectivity index (χ2n) is 6.98. The van der Waals surface area contributed by atoms with Gasteiger partial charge in [-0.05, 0) is 48.5 Å². The molecule has 2 aromatic carbocycles. The minimum Gasteiger partial charge on any atom is -0.481 e. The minimum absolute atomic E-state index is 0.00701. The summed E-state index contributed by atoms with van der Waals surface area (Å²) in [5.74, 6) is -1.39. The van der Waals surface area contributed by atoms with Crippen molar-refractivity contribution in [3.05, 3.63) is 75.6 Å². The molecule has 1 amide bonds. The molecule has 4 rings (SSSR count). The van der Waals surface area contributed by atoms with Crippen molar-refractivity contribution in [2.24, 2.45) is 0 Å². The average Bonchev–Trinajstić information content (AvgIpc) is 3.11. The van der Waals surface area contributed by atoms with Gasteiger partial charge in [0.05, 0.1) is 17.8 Å². The van der Waals surface area contributed by atoms with Crippen LogP contribution in [0.4, 0.5) is 11.4 Å². The summed E-state index contributed by atoms with van der Waals surface area (Å²) in [7, 11) is 0. The molecule has 0 spiro atoms. The first-order valence-electron chi connectivity index (χ1n) is 9.57. The van der Waals surface area contributed by atoms with E-state index >= 15 is 0 Å². The quantitative estimate of drug-likeness (QED) is 0.350. The van der Waals surface area contributed by atoms with Gasteiger partial charge in [0.2, 0.25) is 0 Å². The molecule has 162 valence electrons. The molecular formula is C23H17Cl2N3O3S. The molecule has 0 bridgehead atoms. The summed E-state index contributed by atoms with van der Waals surface area (Å²) < 4.78 is 0. The van der Waals surface area contributed by atoms with Crippen LogP contribution in [0.1, 0.15) is 16.1 Å². The molecule has 0 atom stereocenters. The van der Waals surface area contributed by atoms with Crippen LogP contribution in [0.2, 0.25) is 10.0 Å². The van der Waals surface area contributed by atoms with E-state index in [4.69, 9.17) is 34.0 Å². The summed E-state index contributed by atoms with van der Waals surface area (Å²) in [4.78, 5) is 31.6. The number of aromatic nitrogens is 1. The smallest absolute Gasteiger partial charge is 0.305 e. The van der Waals surface area contributed by atoms with Crippen LogP contribution in [0.5, 0.6) is 0 Å². The summed E-state index contributed by atoms with van der Waals surface area (Å²) in [6.07, 6.45) is -0.210. The number of halogens is 2. The lowest BCUT2D eigenvalue weighted by molar-refractivity contribution is -0.136. The van der Waals surface area contributed by atoms with Crippen LogP contribution in [-0.2, 0) is 4.79 Å². The number of rotatable bonds is 6. The highest BCUT2D eigenvalue weighted by molar-refractivity contribution is 7.21. The number of carboxylic acid groups (broad SMARTS) is 1. The largest absolute Gasteiger partial charge is 0.481 e. The molecule has 6 nitrogen and oxygen atoms in total. The molecule has 9 heteroatoms. The predicted octanol–water partition coefficient (Wildman–Crippen LogP) is 5.97. The van der Waals surface area contributed by atoms with E-state index in [0.717, 1.165) is 11.3 Å². The van der Waals surface area contributed by atoms with E-state index in [2.05, 4.69) is 4.98 Å². The van der Waals surface area contributed by atoms with Crippen molar-refractivity contribution in [3.63, 3.8) is 0 Å². The van der Waals surface area contributed by atoms with E-state index in [-0.39, 0.29) is 18.9 Å². The number of anilines is 2. The molecule has 2 aromatic heterocycles. The number of carboxylic acids is 1. The number of carbonyl (C=O) groups excluding carboxylic acids is 1. The number of hydrogen-bond acceptors (Lipinski definition) is 5. The van der Waals surface area contributed by atoms with Gasteiger partial charge in [-0.1, -0.05) is 35.3 Å². The maximum absolute atomic E-state index is 13.4. The Bertz CT molecular complexity index is 1300. The van der Waals surface area contributed by atoms with E-state index < -0.39 is 5.97 Å². The van der Waals surface area contributed by atoms with Crippen molar-refractivity contribution in [2.45, 2.75) is 6.42 Å². The summed E-state index contributed by atoms with van der Waals surface area (Å²) >= 11 is 13.1. The molecule has 0 saturated heterocycles. The molecule has 0 aliphatic rings. The zero-order chi connectivity index (χ0) is 22.8. The normalized spacial score (nSPS) is 10.9. The van der Waals surface area contributed by atoms with Crippen LogP contribution in [0.3, 0.4) is 0 Å². The van der Waals surface area contributed by atoms with Crippen LogP contribution in [0.25, 0.3) is 21.5 Å². The Morgan fingerprint density at radius 1 is 0.969 bits per heavy atom. The SMILES string of the molecule is Nc1c(C(=O)N(CCC(=O)O)c2ccc(Cl)cc2)sc2nc(-c3ccc(Cl)cc3)ccc12. The Morgan fingerprint density at radius 3 is 2.22 bits per heavy atom. The highest BCUT2D eigenvalue weighted by Gasteiger charge is 2.24. The molecule has 0 aliphatic heterocycles. The fourth-order valence-electron chi connectivity index (χ4n) is 3.24. The van der Waals surface area contributed by atoms with Crippen LogP contribution >= 0.6 is 34.5 Å². The number of nitrogens with zero attached hydrogens (tertiary/aromatic N) is 2. The van der Waals surface area contributed by atoms with E-state index in [1.165, 1.54) is 16.2 Å². The first kappa shape index (κ1) is 22.1. The predicted molar refractivity (Wildman–Crippen MR) is 130 cm³/mol. The molecule has 2 heterocycles. The summed E-state index contributed by atoms with van der Waals surface area (Å²) in [5.41, 5.74) is 8.79. The lowest BCUT2D eigenvalue weighted by atomic mass is 10.1. The molecule has 4 aromatic rings. The van der Waals surface area contributed by atoms with Gasteiger partial charge in [-0.3, -0.25) is 9.59 Å². The molecular weight excluding hydrogens is 469 g/mol. The Labute approximate surface area is 197 Å². The zero-order valence-electron chi connectivity index (χ0n) is 16.6.